The van der Waals surface area contributed by atoms with Crippen molar-refractivity contribution in [1.29, 1.82) is 0 Å². The Morgan fingerprint density at radius 2 is 1.95 bits per heavy atom. The summed E-state index contributed by atoms with van der Waals surface area (Å²) in [6.45, 7) is 0.246. The molecule has 0 saturated heterocycles. The Morgan fingerprint density at radius 1 is 1.23 bits per heavy atom. The van der Waals surface area contributed by atoms with Gasteiger partial charge in [-0.05, 0) is 37.7 Å². The van der Waals surface area contributed by atoms with Crippen LogP contribution < -0.4 is 5.32 Å². The van der Waals surface area contributed by atoms with Crippen LogP contribution in [0.4, 0.5) is 0 Å². The van der Waals surface area contributed by atoms with Gasteiger partial charge in [-0.25, -0.2) is 15.0 Å². The van der Waals surface area contributed by atoms with Crippen LogP contribution in [0.3, 0.4) is 0 Å². The van der Waals surface area contributed by atoms with Crippen molar-refractivity contribution in [3.05, 3.63) is 29.5 Å². The number of hydrogen-bond donors (Lipinski definition) is 2. The summed E-state index contributed by atoms with van der Waals surface area (Å²) in [5, 5.41) is 12.8. The van der Waals surface area contributed by atoms with Crippen LogP contribution in [0.1, 0.15) is 35.4 Å². The fourth-order valence-corrected chi connectivity index (χ4v) is 3.41. The van der Waals surface area contributed by atoms with Crippen molar-refractivity contribution >= 4 is 17.2 Å². The molecule has 22 heavy (non-hydrogen) atoms. The quantitative estimate of drug-likeness (QED) is 0.898. The lowest BCUT2D eigenvalue weighted by Gasteiger charge is -2.27. The van der Waals surface area contributed by atoms with Crippen molar-refractivity contribution in [2.24, 2.45) is 5.92 Å². The molecule has 0 unspecified atom stereocenters. The lowest BCUT2D eigenvalue weighted by Crippen LogP contribution is -2.37. The maximum atomic E-state index is 12.3. The van der Waals surface area contributed by atoms with Crippen LogP contribution in [-0.4, -0.2) is 38.6 Å². The number of carbonyl (C=O) groups is 1. The van der Waals surface area contributed by atoms with Gasteiger partial charge in [-0.3, -0.25) is 4.79 Å². The van der Waals surface area contributed by atoms with Crippen LogP contribution in [0.2, 0.25) is 0 Å². The Balaban J connectivity index is 1.60. The van der Waals surface area contributed by atoms with Gasteiger partial charge in [-0.15, -0.1) is 11.3 Å². The Morgan fingerprint density at radius 3 is 2.64 bits per heavy atom. The minimum absolute atomic E-state index is 0.0906. The molecule has 0 atom stereocenters. The lowest BCUT2D eigenvalue weighted by molar-refractivity contribution is 0.0918. The maximum Gasteiger partial charge on any atom is 0.263 e. The fraction of sp³-hybridized carbons (Fsp3) is 0.467. The summed E-state index contributed by atoms with van der Waals surface area (Å²) in [7, 11) is 0. The van der Waals surface area contributed by atoms with E-state index in [-0.39, 0.29) is 18.6 Å². The molecule has 1 amide bonds. The van der Waals surface area contributed by atoms with Crippen molar-refractivity contribution in [2.75, 3.05) is 6.61 Å². The first-order chi connectivity index (χ1) is 10.8. The zero-order valence-corrected chi connectivity index (χ0v) is 12.9. The number of aliphatic hydroxyl groups excluding tert-OH is 1. The molecular formula is C15H18N4O2S. The van der Waals surface area contributed by atoms with Crippen LogP contribution in [0, 0.1) is 5.92 Å². The topological polar surface area (TPSA) is 88.0 Å². The molecule has 116 valence electrons. The van der Waals surface area contributed by atoms with Crippen LogP contribution in [-0.2, 0) is 0 Å². The molecule has 2 heterocycles. The third-order valence-corrected chi connectivity index (χ3v) is 4.92. The Hall–Kier alpha value is -1.86. The summed E-state index contributed by atoms with van der Waals surface area (Å²) < 4.78 is 0. The first kappa shape index (κ1) is 15.1. The molecule has 0 aromatic carbocycles. The van der Waals surface area contributed by atoms with Crippen molar-refractivity contribution in [2.45, 2.75) is 31.7 Å². The van der Waals surface area contributed by atoms with E-state index in [9.17, 15) is 4.79 Å². The molecule has 2 N–H and O–H groups in total. The van der Waals surface area contributed by atoms with E-state index in [0.717, 1.165) is 25.7 Å². The third kappa shape index (κ3) is 3.48. The fourth-order valence-electron chi connectivity index (χ4n) is 2.64. The SMILES string of the molecule is O=C(NC1CCC(CO)CC1)c1cnc(-c2ncccn2)s1. The normalized spacial score (nSPS) is 21.5. The largest absolute Gasteiger partial charge is 0.396 e. The number of amides is 1. The summed E-state index contributed by atoms with van der Waals surface area (Å²) in [6.07, 6.45) is 8.66. The predicted octanol–water partition coefficient (Wildman–Crippen LogP) is 1.88. The molecule has 0 bridgehead atoms. The molecule has 2 aromatic rings. The van der Waals surface area contributed by atoms with Gasteiger partial charge in [0.05, 0.1) is 6.20 Å². The highest BCUT2D eigenvalue weighted by atomic mass is 32.1. The first-order valence-corrected chi connectivity index (χ1v) is 8.23. The number of aromatic nitrogens is 3. The van der Waals surface area contributed by atoms with Crippen molar-refractivity contribution in [3.63, 3.8) is 0 Å². The van der Waals surface area contributed by atoms with Crippen LogP contribution in [0.15, 0.2) is 24.7 Å². The summed E-state index contributed by atoms with van der Waals surface area (Å²) in [5.74, 6) is 0.834. The van der Waals surface area contributed by atoms with Gasteiger partial charge in [-0.1, -0.05) is 0 Å². The first-order valence-electron chi connectivity index (χ1n) is 7.41. The number of nitrogens with zero attached hydrogens (tertiary/aromatic N) is 3. The summed E-state index contributed by atoms with van der Waals surface area (Å²) >= 11 is 1.30. The molecule has 0 aliphatic heterocycles. The van der Waals surface area contributed by atoms with E-state index >= 15 is 0 Å². The molecule has 1 saturated carbocycles. The van der Waals surface area contributed by atoms with E-state index in [1.165, 1.54) is 11.3 Å². The van der Waals surface area contributed by atoms with Gasteiger partial charge in [0.2, 0.25) is 0 Å². The number of aliphatic hydroxyl groups is 1. The van der Waals surface area contributed by atoms with E-state index in [2.05, 4.69) is 20.3 Å². The second kappa shape index (κ2) is 6.93. The lowest BCUT2D eigenvalue weighted by atomic mass is 9.86. The van der Waals surface area contributed by atoms with E-state index in [0.29, 0.717) is 21.6 Å². The van der Waals surface area contributed by atoms with E-state index < -0.39 is 0 Å². The van der Waals surface area contributed by atoms with Gasteiger partial charge in [-0.2, -0.15) is 0 Å². The Bertz CT molecular complexity index is 623. The zero-order valence-electron chi connectivity index (χ0n) is 12.1. The minimum Gasteiger partial charge on any atom is -0.396 e. The molecule has 6 nitrogen and oxygen atoms in total. The van der Waals surface area contributed by atoms with Gasteiger partial charge >= 0.3 is 0 Å². The molecule has 1 aliphatic rings. The van der Waals surface area contributed by atoms with Crippen LogP contribution in [0.25, 0.3) is 10.8 Å². The highest BCUT2D eigenvalue weighted by molar-refractivity contribution is 7.16. The second-order valence-corrected chi connectivity index (χ2v) is 6.51. The van der Waals surface area contributed by atoms with Gasteiger partial charge < -0.3 is 10.4 Å². The second-order valence-electron chi connectivity index (χ2n) is 5.48. The molecular weight excluding hydrogens is 300 g/mol. The zero-order chi connectivity index (χ0) is 15.4. The number of thiazole rings is 1. The average Bonchev–Trinajstić information content (AvgIpc) is 3.06. The van der Waals surface area contributed by atoms with E-state index in [1.807, 2.05) is 0 Å². The Kier molecular flexibility index (Phi) is 4.74. The van der Waals surface area contributed by atoms with Gasteiger partial charge in [0.1, 0.15) is 4.88 Å². The molecule has 3 rings (SSSR count). The Labute approximate surface area is 132 Å². The molecule has 0 spiro atoms. The number of hydrogen-bond acceptors (Lipinski definition) is 6. The minimum atomic E-state index is -0.0906. The average molecular weight is 318 g/mol. The highest BCUT2D eigenvalue weighted by Crippen LogP contribution is 2.25. The van der Waals surface area contributed by atoms with Crippen LogP contribution >= 0.6 is 11.3 Å². The van der Waals surface area contributed by atoms with Gasteiger partial charge in [0, 0.05) is 25.0 Å². The molecule has 1 fully saturated rings. The number of nitrogens with one attached hydrogen (secondary N) is 1. The standard InChI is InChI=1S/C15H18N4O2S/c20-9-10-2-4-11(5-3-10)19-14(21)12-8-18-15(22-12)13-16-6-1-7-17-13/h1,6-8,10-11,20H,2-5,9H2,(H,19,21). The van der Waals surface area contributed by atoms with Crippen molar-refractivity contribution in [3.8, 4) is 10.8 Å². The summed E-state index contributed by atoms with van der Waals surface area (Å²) in [5.41, 5.74) is 0. The summed E-state index contributed by atoms with van der Waals surface area (Å²) in [4.78, 5) is 25.4. The van der Waals surface area contributed by atoms with Gasteiger partial charge in [0.15, 0.2) is 10.8 Å². The third-order valence-electron chi connectivity index (χ3n) is 3.93. The molecule has 0 radical (unpaired) electrons. The predicted molar refractivity (Wildman–Crippen MR) is 83.4 cm³/mol. The van der Waals surface area contributed by atoms with Crippen molar-refractivity contribution < 1.29 is 9.90 Å². The molecule has 1 aliphatic carbocycles. The number of rotatable bonds is 4. The highest BCUT2D eigenvalue weighted by Gasteiger charge is 2.23. The van der Waals surface area contributed by atoms with Gasteiger partial charge in [0.25, 0.3) is 5.91 Å². The smallest absolute Gasteiger partial charge is 0.263 e. The molecule has 2 aromatic heterocycles. The number of carbonyl (C=O) groups excluding carboxylic acids is 1. The van der Waals surface area contributed by atoms with Crippen LogP contribution in [0.5, 0.6) is 0 Å². The van der Waals surface area contributed by atoms with E-state index in [4.69, 9.17) is 5.11 Å². The monoisotopic (exact) mass is 318 g/mol. The molecule has 7 heteroatoms. The van der Waals surface area contributed by atoms with E-state index in [1.54, 1.807) is 24.7 Å². The summed E-state index contributed by atoms with van der Waals surface area (Å²) in [6, 6.07) is 1.93. The van der Waals surface area contributed by atoms with Crippen molar-refractivity contribution in [1.82, 2.24) is 20.3 Å². The maximum absolute atomic E-state index is 12.3.